The second-order valence-electron chi connectivity index (χ2n) is 5.19. The highest BCUT2D eigenvalue weighted by atomic mass is 32.2. The summed E-state index contributed by atoms with van der Waals surface area (Å²) in [7, 11) is 0. The fourth-order valence-electron chi connectivity index (χ4n) is 2.15. The van der Waals surface area contributed by atoms with E-state index in [4.69, 9.17) is 5.11 Å². The van der Waals surface area contributed by atoms with Crippen LogP contribution >= 0.6 is 11.8 Å². The molecule has 1 atom stereocenters. The third-order valence-corrected chi connectivity index (χ3v) is 4.41. The van der Waals surface area contributed by atoms with E-state index in [1.165, 1.54) is 23.9 Å². The molecule has 1 heterocycles. The Labute approximate surface area is 142 Å². The van der Waals surface area contributed by atoms with Crippen LogP contribution in [-0.4, -0.2) is 32.2 Å². The molecule has 3 rings (SSSR count). The average molecular weight is 341 g/mol. The van der Waals surface area contributed by atoms with Gasteiger partial charge in [0.2, 0.25) is 5.91 Å². The zero-order chi connectivity index (χ0) is 17.1. The Bertz CT molecular complexity index is 856. The lowest BCUT2D eigenvalue weighted by Crippen LogP contribution is -2.22. The van der Waals surface area contributed by atoms with Gasteiger partial charge in [0.15, 0.2) is 5.16 Å². The number of hydrogen-bond donors (Lipinski definition) is 3. The van der Waals surface area contributed by atoms with Gasteiger partial charge >= 0.3 is 5.97 Å². The van der Waals surface area contributed by atoms with E-state index < -0.39 is 5.97 Å². The number of H-pyrrole nitrogens is 1. The van der Waals surface area contributed by atoms with Gasteiger partial charge in [-0.15, -0.1) is 0 Å². The molecule has 1 unspecified atom stereocenters. The number of rotatable bonds is 5. The number of nitrogens with one attached hydrogen (secondary N) is 2. The Morgan fingerprint density at radius 1 is 1.17 bits per heavy atom. The average Bonchev–Trinajstić information content (AvgIpc) is 2.97. The fraction of sp³-hybridized carbons (Fsp3) is 0.118. The van der Waals surface area contributed by atoms with Crippen LogP contribution in [0.2, 0.25) is 0 Å². The molecule has 0 aliphatic carbocycles. The van der Waals surface area contributed by atoms with Gasteiger partial charge in [0.25, 0.3) is 0 Å². The number of aromatic amines is 1. The SMILES string of the molecule is CC(Sc1nc2ccccc2[nH]1)C(=O)Nc1ccc(C(=O)O)cc1. The first-order valence-electron chi connectivity index (χ1n) is 7.28. The lowest BCUT2D eigenvalue weighted by Gasteiger charge is -2.10. The molecule has 0 fully saturated rings. The molecule has 7 heteroatoms. The lowest BCUT2D eigenvalue weighted by atomic mass is 10.2. The number of carbonyl (C=O) groups excluding carboxylic acids is 1. The molecule has 2 aromatic carbocycles. The number of imidazole rings is 1. The first kappa shape index (κ1) is 16.1. The third kappa shape index (κ3) is 3.57. The maximum absolute atomic E-state index is 12.3. The Morgan fingerprint density at radius 2 is 1.88 bits per heavy atom. The number of fused-ring (bicyclic) bond motifs is 1. The van der Waals surface area contributed by atoms with Crippen molar-refractivity contribution in [2.24, 2.45) is 0 Å². The molecule has 122 valence electrons. The summed E-state index contributed by atoms with van der Waals surface area (Å²) in [4.78, 5) is 30.7. The number of carboxylic acids is 1. The zero-order valence-electron chi connectivity index (χ0n) is 12.8. The van der Waals surface area contributed by atoms with Crippen LogP contribution in [0.4, 0.5) is 5.69 Å². The van der Waals surface area contributed by atoms with Crippen molar-refractivity contribution in [2.75, 3.05) is 5.32 Å². The summed E-state index contributed by atoms with van der Waals surface area (Å²) in [5.41, 5.74) is 2.52. The number of carboxylic acid groups (broad SMARTS) is 1. The third-order valence-electron chi connectivity index (χ3n) is 3.42. The van der Waals surface area contributed by atoms with E-state index >= 15 is 0 Å². The van der Waals surface area contributed by atoms with E-state index in [1.54, 1.807) is 19.1 Å². The first-order chi connectivity index (χ1) is 11.5. The molecule has 0 aliphatic rings. The normalized spacial score (nSPS) is 12.0. The van der Waals surface area contributed by atoms with Crippen LogP contribution < -0.4 is 5.32 Å². The van der Waals surface area contributed by atoms with Gasteiger partial charge in [0, 0.05) is 5.69 Å². The number of aromatic carboxylic acids is 1. The monoisotopic (exact) mass is 341 g/mol. The van der Waals surface area contributed by atoms with Crippen molar-refractivity contribution in [1.29, 1.82) is 0 Å². The topological polar surface area (TPSA) is 95.1 Å². The minimum atomic E-state index is -0.998. The summed E-state index contributed by atoms with van der Waals surface area (Å²) in [5, 5.41) is 12.0. The molecule has 0 spiro atoms. The Morgan fingerprint density at radius 3 is 2.54 bits per heavy atom. The number of benzene rings is 2. The predicted molar refractivity (Wildman–Crippen MR) is 93.4 cm³/mol. The van der Waals surface area contributed by atoms with Crippen molar-refractivity contribution < 1.29 is 14.7 Å². The Kier molecular flexibility index (Phi) is 4.52. The van der Waals surface area contributed by atoms with Gasteiger partial charge in [-0.1, -0.05) is 23.9 Å². The predicted octanol–water partition coefficient (Wildman–Crippen LogP) is 3.38. The molecule has 0 aliphatic heterocycles. The van der Waals surface area contributed by atoms with Crippen molar-refractivity contribution in [3.63, 3.8) is 0 Å². The fourth-order valence-corrected chi connectivity index (χ4v) is 2.97. The first-order valence-corrected chi connectivity index (χ1v) is 8.16. The number of aromatic nitrogens is 2. The molecule has 0 saturated carbocycles. The number of thioether (sulfide) groups is 1. The van der Waals surface area contributed by atoms with Crippen LogP contribution in [-0.2, 0) is 4.79 Å². The zero-order valence-corrected chi connectivity index (χ0v) is 13.6. The highest BCUT2D eigenvalue weighted by Crippen LogP contribution is 2.24. The molecule has 1 aromatic heterocycles. The summed E-state index contributed by atoms with van der Waals surface area (Å²) in [6, 6.07) is 13.7. The van der Waals surface area contributed by atoms with E-state index in [1.807, 2.05) is 24.3 Å². The number of nitrogens with zero attached hydrogens (tertiary/aromatic N) is 1. The van der Waals surface area contributed by atoms with E-state index in [9.17, 15) is 9.59 Å². The summed E-state index contributed by atoms with van der Waals surface area (Å²) in [6.45, 7) is 1.79. The van der Waals surface area contributed by atoms with E-state index in [-0.39, 0.29) is 16.7 Å². The van der Waals surface area contributed by atoms with Gasteiger partial charge in [-0.05, 0) is 43.3 Å². The van der Waals surface area contributed by atoms with Gasteiger partial charge in [-0.3, -0.25) is 4.79 Å². The lowest BCUT2D eigenvalue weighted by molar-refractivity contribution is -0.115. The minimum absolute atomic E-state index is 0.177. The standard InChI is InChI=1S/C17H15N3O3S/c1-10(24-17-19-13-4-2-3-5-14(13)20-17)15(21)18-12-8-6-11(7-9-12)16(22)23/h2-10H,1H3,(H,18,21)(H,19,20)(H,22,23). The van der Waals surface area contributed by atoms with Crippen LogP contribution in [0.5, 0.6) is 0 Å². The van der Waals surface area contributed by atoms with Crippen molar-refractivity contribution in [3.8, 4) is 0 Å². The van der Waals surface area contributed by atoms with Crippen molar-refractivity contribution in [3.05, 3.63) is 54.1 Å². The second kappa shape index (κ2) is 6.76. The van der Waals surface area contributed by atoms with Crippen molar-refractivity contribution >= 4 is 40.4 Å². The molecule has 0 bridgehead atoms. The van der Waals surface area contributed by atoms with E-state index in [0.29, 0.717) is 10.8 Å². The van der Waals surface area contributed by atoms with E-state index in [0.717, 1.165) is 11.0 Å². The summed E-state index contributed by atoms with van der Waals surface area (Å²) in [5.74, 6) is -1.18. The molecule has 1 amide bonds. The minimum Gasteiger partial charge on any atom is -0.478 e. The van der Waals surface area contributed by atoms with Crippen LogP contribution in [0, 0.1) is 0 Å². The summed E-state index contributed by atoms with van der Waals surface area (Å²) < 4.78 is 0. The molecular formula is C17H15N3O3S. The van der Waals surface area contributed by atoms with Crippen LogP contribution in [0.25, 0.3) is 11.0 Å². The number of anilines is 1. The second-order valence-corrected chi connectivity index (χ2v) is 6.52. The van der Waals surface area contributed by atoms with Gasteiger partial charge in [0.05, 0.1) is 21.8 Å². The van der Waals surface area contributed by atoms with Crippen molar-refractivity contribution in [1.82, 2.24) is 9.97 Å². The van der Waals surface area contributed by atoms with E-state index in [2.05, 4.69) is 15.3 Å². The van der Waals surface area contributed by atoms with Gasteiger partial charge < -0.3 is 15.4 Å². The molecule has 0 saturated heterocycles. The molecular weight excluding hydrogens is 326 g/mol. The summed E-state index contributed by atoms with van der Waals surface area (Å²) >= 11 is 1.33. The molecule has 6 nitrogen and oxygen atoms in total. The quantitative estimate of drug-likeness (QED) is 0.618. The number of carbonyl (C=O) groups is 2. The maximum Gasteiger partial charge on any atom is 0.335 e. The van der Waals surface area contributed by atoms with Crippen LogP contribution in [0.15, 0.2) is 53.7 Å². The van der Waals surface area contributed by atoms with Gasteiger partial charge in [0.1, 0.15) is 0 Å². The van der Waals surface area contributed by atoms with Crippen LogP contribution in [0.1, 0.15) is 17.3 Å². The molecule has 3 aromatic rings. The number of hydrogen-bond acceptors (Lipinski definition) is 4. The largest absolute Gasteiger partial charge is 0.478 e. The Hall–Kier alpha value is -2.80. The maximum atomic E-state index is 12.3. The van der Waals surface area contributed by atoms with Crippen LogP contribution in [0.3, 0.4) is 0 Å². The smallest absolute Gasteiger partial charge is 0.335 e. The molecule has 24 heavy (non-hydrogen) atoms. The number of para-hydroxylation sites is 2. The molecule has 0 radical (unpaired) electrons. The number of amides is 1. The highest BCUT2D eigenvalue weighted by molar-refractivity contribution is 8.00. The van der Waals surface area contributed by atoms with Gasteiger partial charge in [-0.25, -0.2) is 9.78 Å². The highest BCUT2D eigenvalue weighted by Gasteiger charge is 2.17. The van der Waals surface area contributed by atoms with Gasteiger partial charge in [-0.2, -0.15) is 0 Å². The summed E-state index contributed by atoms with van der Waals surface area (Å²) in [6.07, 6.45) is 0. The Balaban J connectivity index is 1.64. The van der Waals surface area contributed by atoms with Crippen molar-refractivity contribution in [2.45, 2.75) is 17.3 Å². The molecule has 3 N–H and O–H groups in total.